The van der Waals surface area contributed by atoms with E-state index in [1.54, 1.807) is 0 Å². The van der Waals surface area contributed by atoms with Crippen LogP contribution in [0.1, 0.15) is 58.8 Å². The number of hydrogen-bond acceptors (Lipinski definition) is 2. The first-order valence-electron chi connectivity index (χ1n) is 7.66. The summed E-state index contributed by atoms with van der Waals surface area (Å²) < 4.78 is 0. The van der Waals surface area contributed by atoms with Crippen LogP contribution in [-0.2, 0) is 4.79 Å². The molecule has 0 bridgehead atoms. The standard InChI is InChI=1S/C15H28N2O.ClH/c1-11-8-12(2)10-14(9-11)17-15(18)6-5-13-4-3-7-16-13;/h11-14,16H,3-10H2,1-2H3,(H,17,18);1H. The van der Waals surface area contributed by atoms with Crippen LogP contribution in [0.3, 0.4) is 0 Å². The van der Waals surface area contributed by atoms with E-state index in [0.29, 0.717) is 18.5 Å². The molecule has 3 atom stereocenters. The fourth-order valence-corrected chi connectivity index (χ4v) is 3.67. The van der Waals surface area contributed by atoms with Gasteiger partial charge in [-0.3, -0.25) is 4.79 Å². The molecule has 3 unspecified atom stereocenters. The highest BCUT2D eigenvalue weighted by Crippen LogP contribution is 2.28. The van der Waals surface area contributed by atoms with Crippen LogP contribution in [0.15, 0.2) is 0 Å². The van der Waals surface area contributed by atoms with Gasteiger partial charge in [0.25, 0.3) is 0 Å². The summed E-state index contributed by atoms with van der Waals surface area (Å²) in [4.78, 5) is 11.9. The summed E-state index contributed by atoms with van der Waals surface area (Å²) in [6, 6.07) is 1.01. The van der Waals surface area contributed by atoms with Gasteiger partial charge < -0.3 is 10.6 Å². The number of carbonyl (C=O) groups is 1. The van der Waals surface area contributed by atoms with E-state index in [1.807, 2.05) is 0 Å². The predicted molar refractivity (Wildman–Crippen MR) is 81.6 cm³/mol. The van der Waals surface area contributed by atoms with Crippen molar-refractivity contribution in [2.24, 2.45) is 11.8 Å². The third kappa shape index (κ3) is 5.70. The molecular formula is C15H29ClN2O. The van der Waals surface area contributed by atoms with Crippen LogP contribution in [0.2, 0.25) is 0 Å². The van der Waals surface area contributed by atoms with Gasteiger partial charge in [-0.25, -0.2) is 0 Å². The smallest absolute Gasteiger partial charge is 0.220 e. The van der Waals surface area contributed by atoms with Crippen LogP contribution >= 0.6 is 12.4 Å². The zero-order valence-electron chi connectivity index (χ0n) is 12.3. The summed E-state index contributed by atoms with van der Waals surface area (Å²) >= 11 is 0. The summed E-state index contributed by atoms with van der Waals surface area (Å²) in [6.45, 7) is 5.73. The zero-order chi connectivity index (χ0) is 13.0. The van der Waals surface area contributed by atoms with Crippen molar-refractivity contribution >= 4 is 18.3 Å². The Morgan fingerprint density at radius 3 is 2.47 bits per heavy atom. The summed E-state index contributed by atoms with van der Waals surface area (Å²) in [5.41, 5.74) is 0. The van der Waals surface area contributed by atoms with E-state index in [-0.39, 0.29) is 18.3 Å². The van der Waals surface area contributed by atoms with Gasteiger partial charge in [-0.05, 0) is 56.9 Å². The maximum absolute atomic E-state index is 11.9. The highest BCUT2D eigenvalue weighted by molar-refractivity contribution is 5.85. The average molecular weight is 289 g/mol. The Kier molecular flexibility index (Phi) is 7.16. The van der Waals surface area contributed by atoms with Crippen LogP contribution in [-0.4, -0.2) is 24.5 Å². The molecule has 0 aromatic carbocycles. The molecule has 2 rings (SSSR count). The minimum Gasteiger partial charge on any atom is -0.353 e. The second-order valence-corrected chi connectivity index (χ2v) is 6.51. The Morgan fingerprint density at radius 2 is 1.89 bits per heavy atom. The van der Waals surface area contributed by atoms with Crippen LogP contribution in [0.25, 0.3) is 0 Å². The molecule has 1 aliphatic heterocycles. The summed E-state index contributed by atoms with van der Waals surface area (Å²) in [5.74, 6) is 1.78. The van der Waals surface area contributed by atoms with Gasteiger partial charge in [0.2, 0.25) is 5.91 Å². The number of amides is 1. The number of halogens is 1. The van der Waals surface area contributed by atoms with E-state index in [4.69, 9.17) is 0 Å². The van der Waals surface area contributed by atoms with Crippen molar-refractivity contribution in [1.82, 2.24) is 10.6 Å². The topological polar surface area (TPSA) is 41.1 Å². The second-order valence-electron chi connectivity index (χ2n) is 6.51. The van der Waals surface area contributed by atoms with E-state index in [9.17, 15) is 4.79 Å². The van der Waals surface area contributed by atoms with Gasteiger partial charge in [-0.15, -0.1) is 12.4 Å². The number of hydrogen-bond donors (Lipinski definition) is 2. The van der Waals surface area contributed by atoms with E-state index in [2.05, 4.69) is 24.5 Å². The molecule has 1 aliphatic carbocycles. The minimum atomic E-state index is 0. The predicted octanol–water partition coefficient (Wildman–Crippen LogP) is 2.88. The average Bonchev–Trinajstić information content (AvgIpc) is 2.77. The highest BCUT2D eigenvalue weighted by Gasteiger charge is 2.25. The van der Waals surface area contributed by atoms with Crippen molar-refractivity contribution in [2.75, 3.05) is 6.54 Å². The molecular weight excluding hydrogens is 260 g/mol. The maximum atomic E-state index is 11.9. The van der Waals surface area contributed by atoms with E-state index in [1.165, 1.54) is 19.3 Å². The Labute approximate surface area is 123 Å². The maximum Gasteiger partial charge on any atom is 0.220 e. The van der Waals surface area contributed by atoms with Crippen molar-refractivity contribution < 1.29 is 4.79 Å². The SMILES string of the molecule is CC1CC(C)CC(NC(=O)CCC2CCCN2)C1.Cl. The molecule has 0 aromatic rings. The lowest BCUT2D eigenvalue weighted by Gasteiger charge is -2.32. The first-order chi connectivity index (χ1) is 8.63. The van der Waals surface area contributed by atoms with Gasteiger partial charge in [-0.2, -0.15) is 0 Å². The minimum absolute atomic E-state index is 0. The molecule has 0 spiro atoms. The van der Waals surface area contributed by atoms with Crippen molar-refractivity contribution in [1.29, 1.82) is 0 Å². The van der Waals surface area contributed by atoms with Crippen molar-refractivity contribution in [2.45, 2.75) is 70.9 Å². The molecule has 2 aliphatic rings. The van der Waals surface area contributed by atoms with Gasteiger partial charge in [0.15, 0.2) is 0 Å². The fraction of sp³-hybridized carbons (Fsp3) is 0.933. The van der Waals surface area contributed by atoms with Crippen molar-refractivity contribution in [3.05, 3.63) is 0 Å². The molecule has 1 amide bonds. The molecule has 0 aromatic heterocycles. The first kappa shape index (κ1) is 16.8. The third-order valence-electron chi connectivity index (χ3n) is 4.43. The van der Waals surface area contributed by atoms with Gasteiger partial charge >= 0.3 is 0 Å². The molecule has 4 heteroatoms. The van der Waals surface area contributed by atoms with Gasteiger partial charge in [-0.1, -0.05) is 13.8 Å². The van der Waals surface area contributed by atoms with Crippen LogP contribution in [0, 0.1) is 11.8 Å². The van der Waals surface area contributed by atoms with Gasteiger partial charge in [0.05, 0.1) is 0 Å². The van der Waals surface area contributed by atoms with Crippen LogP contribution in [0.5, 0.6) is 0 Å². The van der Waals surface area contributed by atoms with Gasteiger partial charge in [0, 0.05) is 18.5 Å². The summed E-state index contributed by atoms with van der Waals surface area (Å²) in [7, 11) is 0. The molecule has 1 saturated carbocycles. The Balaban J connectivity index is 0.00000180. The lowest BCUT2D eigenvalue weighted by molar-refractivity contribution is -0.122. The monoisotopic (exact) mass is 288 g/mol. The summed E-state index contributed by atoms with van der Waals surface area (Å²) in [5, 5.41) is 6.69. The molecule has 3 nitrogen and oxygen atoms in total. The highest BCUT2D eigenvalue weighted by atomic mass is 35.5. The molecule has 0 radical (unpaired) electrons. The fourth-order valence-electron chi connectivity index (χ4n) is 3.67. The van der Waals surface area contributed by atoms with Gasteiger partial charge in [0.1, 0.15) is 0 Å². The summed E-state index contributed by atoms with van der Waals surface area (Å²) in [6.07, 6.45) is 7.85. The largest absolute Gasteiger partial charge is 0.353 e. The molecule has 19 heavy (non-hydrogen) atoms. The van der Waals surface area contributed by atoms with E-state index in [0.717, 1.165) is 37.6 Å². The molecule has 1 heterocycles. The molecule has 1 saturated heterocycles. The lowest BCUT2D eigenvalue weighted by atomic mass is 9.80. The number of rotatable bonds is 4. The Morgan fingerprint density at radius 1 is 1.21 bits per heavy atom. The Bertz CT molecular complexity index is 269. The second kappa shape index (κ2) is 8.11. The third-order valence-corrected chi connectivity index (χ3v) is 4.43. The van der Waals surface area contributed by atoms with Crippen molar-refractivity contribution in [3.8, 4) is 0 Å². The van der Waals surface area contributed by atoms with Crippen molar-refractivity contribution in [3.63, 3.8) is 0 Å². The molecule has 2 N–H and O–H groups in total. The quantitative estimate of drug-likeness (QED) is 0.835. The van der Waals surface area contributed by atoms with Crippen LogP contribution < -0.4 is 10.6 Å². The van der Waals surface area contributed by atoms with Crippen LogP contribution in [0.4, 0.5) is 0 Å². The Hall–Kier alpha value is -0.280. The van der Waals surface area contributed by atoms with E-state index >= 15 is 0 Å². The lowest BCUT2D eigenvalue weighted by Crippen LogP contribution is -2.40. The number of nitrogens with one attached hydrogen (secondary N) is 2. The zero-order valence-corrected chi connectivity index (χ0v) is 13.1. The van der Waals surface area contributed by atoms with E-state index < -0.39 is 0 Å². The molecule has 112 valence electrons. The first-order valence-corrected chi connectivity index (χ1v) is 7.66. The number of carbonyl (C=O) groups excluding carboxylic acids is 1. The normalized spacial score (nSPS) is 34.6. The molecule has 2 fully saturated rings.